The second kappa shape index (κ2) is 14.6. The van der Waals surface area contributed by atoms with Crippen molar-refractivity contribution >= 4 is 44.4 Å². The molecule has 2 aromatic carbocycles. The van der Waals surface area contributed by atoms with Crippen molar-refractivity contribution in [1.29, 1.82) is 0 Å². The highest BCUT2D eigenvalue weighted by Gasteiger charge is 2.36. The molecular weight excluding hydrogens is 713 g/mol. The Morgan fingerprint density at radius 3 is 2.29 bits per heavy atom. The van der Waals surface area contributed by atoms with E-state index in [-0.39, 0.29) is 23.6 Å². The third kappa shape index (κ3) is 7.12. The van der Waals surface area contributed by atoms with E-state index < -0.39 is 26.7 Å². The van der Waals surface area contributed by atoms with E-state index >= 15 is 0 Å². The maximum Gasteiger partial charge on any atom is 0.264 e. The molecule has 1 saturated heterocycles. The lowest BCUT2D eigenvalue weighted by molar-refractivity contribution is 0.0413. The minimum Gasteiger partial charge on any atom is -0.497 e. The number of aromatic nitrogens is 3. The van der Waals surface area contributed by atoms with Gasteiger partial charge in [-0.1, -0.05) is 25.3 Å². The Hall–Kier alpha value is -4.42. The Morgan fingerprint density at radius 2 is 1.65 bits per heavy atom. The average Bonchev–Trinajstić information content (AvgIpc) is 3.68. The van der Waals surface area contributed by atoms with E-state index in [1.54, 1.807) is 33.2 Å². The highest BCUT2D eigenvalue weighted by molar-refractivity contribution is 7.90. The van der Waals surface area contributed by atoms with Gasteiger partial charge in [-0.2, -0.15) is 5.10 Å². The number of nitrogens with zero attached hydrogens (tertiary/aromatic N) is 5. The molecule has 1 saturated carbocycles. The fourth-order valence-electron chi connectivity index (χ4n) is 8.70. The molecule has 1 N–H and O–H groups in total. The van der Waals surface area contributed by atoms with E-state index in [1.807, 2.05) is 27.8 Å². The van der Waals surface area contributed by atoms with Gasteiger partial charge in [-0.05, 0) is 127 Å². The summed E-state index contributed by atoms with van der Waals surface area (Å²) in [5, 5.41) is 5.20. The van der Waals surface area contributed by atoms with Crippen LogP contribution in [-0.2, 0) is 22.1 Å². The molecule has 55 heavy (non-hydrogen) atoms. The Balaban J connectivity index is 1.47. The summed E-state index contributed by atoms with van der Waals surface area (Å²) in [5.74, 6) is 0.335. The van der Waals surface area contributed by atoms with Gasteiger partial charge in [0, 0.05) is 47.2 Å². The predicted molar refractivity (Wildman–Crippen MR) is 219 cm³/mol. The molecule has 2 atom stereocenters. The molecule has 0 bridgehead atoms. The van der Waals surface area contributed by atoms with Crippen LogP contribution in [0.1, 0.15) is 124 Å². The number of carbonyl (C=O) groups is 2. The molecule has 2 amide bonds. The van der Waals surface area contributed by atoms with E-state index in [4.69, 9.17) is 9.84 Å². The maximum atomic E-state index is 14.7. The summed E-state index contributed by atoms with van der Waals surface area (Å²) in [4.78, 5) is 32.6. The molecule has 4 heterocycles. The molecule has 1 unspecified atom stereocenters. The van der Waals surface area contributed by atoms with Gasteiger partial charge in [0.15, 0.2) is 0 Å². The number of likely N-dealkylation sites (N-methyl/N-ethyl adjacent to an activating group) is 1. The Bertz CT molecular complexity index is 2280. The van der Waals surface area contributed by atoms with Crippen molar-refractivity contribution in [2.75, 3.05) is 27.2 Å². The number of methoxy groups -OCH3 is 1. The lowest BCUT2D eigenvalue weighted by Gasteiger charge is -2.42. The fourth-order valence-corrected chi connectivity index (χ4v) is 9.31. The van der Waals surface area contributed by atoms with Crippen molar-refractivity contribution in [3.05, 3.63) is 70.5 Å². The smallest absolute Gasteiger partial charge is 0.264 e. The lowest BCUT2D eigenvalue weighted by Crippen LogP contribution is -2.56. The highest BCUT2D eigenvalue weighted by atomic mass is 32.2. The number of sulfonamides is 1. The number of allylic oxidation sites excluding steroid dienone is 1. The average molecular weight is 769 g/mol. The Morgan fingerprint density at radius 1 is 0.964 bits per heavy atom. The molecule has 0 radical (unpaired) electrons. The van der Waals surface area contributed by atoms with E-state index in [0.717, 1.165) is 70.4 Å². The van der Waals surface area contributed by atoms with Gasteiger partial charge in [-0.25, -0.2) is 13.1 Å². The Labute approximate surface area is 325 Å². The first-order valence-corrected chi connectivity index (χ1v) is 21.3. The fraction of sp³-hybridized carbons (Fsp3) is 0.512. The number of rotatable bonds is 7. The molecule has 294 valence electrons. The zero-order valence-corrected chi connectivity index (χ0v) is 34.6. The van der Waals surface area contributed by atoms with Crippen LogP contribution >= 0.6 is 0 Å². The van der Waals surface area contributed by atoms with Crippen LogP contribution in [0.25, 0.3) is 33.8 Å². The first-order valence-electron chi connectivity index (χ1n) is 19.7. The summed E-state index contributed by atoms with van der Waals surface area (Å²) < 4.78 is 37.9. The highest BCUT2D eigenvalue weighted by Crippen LogP contribution is 2.48. The summed E-state index contributed by atoms with van der Waals surface area (Å²) in [7, 11) is -0.0638. The molecule has 2 aromatic heterocycles. The van der Waals surface area contributed by atoms with Gasteiger partial charge in [0.25, 0.3) is 11.8 Å². The van der Waals surface area contributed by atoms with E-state index in [0.29, 0.717) is 31.1 Å². The predicted octanol–water partition coefficient (Wildman–Crippen LogP) is 7.50. The van der Waals surface area contributed by atoms with Crippen LogP contribution in [0.15, 0.2) is 42.6 Å². The van der Waals surface area contributed by atoms with Gasteiger partial charge in [0.2, 0.25) is 10.0 Å². The number of benzene rings is 2. The number of carbonyl (C=O) groups excluding carboxylic acids is 2. The second-order valence-electron chi connectivity index (χ2n) is 17.1. The van der Waals surface area contributed by atoms with Crippen molar-refractivity contribution in [3.8, 4) is 17.0 Å². The van der Waals surface area contributed by atoms with Crippen molar-refractivity contribution < 1.29 is 22.7 Å². The number of nitrogens with one attached hydrogen (secondary N) is 1. The molecular formula is C43H56N6O5S. The normalized spacial score (nSPS) is 19.9. The van der Waals surface area contributed by atoms with Gasteiger partial charge >= 0.3 is 0 Å². The van der Waals surface area contributed by atoms with Crippen LogP contribution in [0, 0.1) is 0 Å². The van der Waals surface area contributed by atoms with Crippen LogP contribution in [0.3, 0.4) is 0 Å². The molecule has 2 aliphatic heterocycles. The standard InChI is InChI=1S/C43H56N6O5S/c1-26(2)55(52,53)45-41(50)30-15-17-35-37(21-30)48-25-32(19-31-20-33(54-9)16-18-34(31)40(48)38(35)29-13-11-10-12-14-29)39-36(22-44-49(39)43(5,6)7)42(51)47-23-27(3)46(8)28(4)24-47/h15-22,26-29H,10-14,23-25H2,1-9H3,(H,45,50)/t27-,28?/m0/s1. The number of ether oxygens (including phenoxy) is 1. The zero-order valence-electron chi connectivity index (χ0n) is 33.8. The molecule has 1 aliphatic carbocycles. The van der Waals surface area contributed by atoms with Crippen LogP contribution < -0.4 is 9.46 Å². The van der Waals surface area contributed by atoms with Crippen molar-refractivity contribution in [3.63, 3.8) is 0 Å². The van der Waals surface area contributed by atoms with Crippen LogP contribution in [0.5, 0.6) is 5.75 Å². The maximum absolute atomic E-state index is 14.7. The summed E-state index contributed by atoms with van der Waals surface area (Å²) in [6, 6.07) is 12.2. The van der Waals surface area contributed by atoms with Crippen LogP contribution in [0.2, 0.25) is 0 Å². The molecule has 7 rings (SSSR count). The Kier molecular flexibility index (Phi) is 10.3. The van der Waals surface area contributed by atoms with Crippen LogP contribution in [0.4, 0.5) is 0 Å². The summed E-state index contributed by atoms with van der Waals surface area (Å²) in [5.41, 5.74) is 7.22. The molecule has 4 aromatic rings. The molecule has 11 nitrogen and oxygen atoms in total. The topological polar surface area (TPSA) is 119 Å². The van der Waals surface area contributed by atoms with E-state index in [9.17, 15) is 18.0 Å². The van der Waals surface area contributed by atoms with E-state index in [1.165, 1.54) is 12.0 Å². The summed E-state index contributed by atoms with van der Waals surface area (Å²) in [6.07, 6.45) is 9.52. The van der Waals surface area contributed by atoms with Crippen molar-refractivity contribution in [2.24, 2.45) is 0 Å². The first-order chi connectivity index (χ1) is 26.0. The molecule has 0 spiro atoms. The van der Waals surface area contributed by atoms with Crippen LogP contribution in [-0.4, -0.2) is 89.0 Å². The SMILES string of the molecule is COc1ccc2c(c1)C=C(c1c(C(=O)N3CC(C)N(C)[C@@H](C)C3)cnn1C(C)(C)C)Cn1c-2c(C2CCCCC2)c2ccc(C(=O)NS(=O)(=O)C(C)C)cc21. The molecule has 3 aliphatic rings. The summed E-state index contributed by atoms with van der Waals surface area (Å²) in [6.45, 7) is 15.3. The number of hydrogen-bond donors (Lipinski definition) is 1. The van der Waals surface area contributed by atoms with Crippen molar-refractivity contribution in [1.82, 2.24) is 28.9 Å². The molecule has 12 heteroatoms. The summed E-state index contributed by atoms with van der Waals surface area (Å²) >= 11 is 0. The second-order valence-corrected chi connectivity index (χ2v) is 19.4. The first kappa shape index (κ1) is 38.8. The number of amides is 2. The number of hydrogen-bond acceptors (Lipinski definition) is 7. The zero-order chi connectivity index (χ0) is 39.6. The quantitative estimate of drug-likeness (QED) is 0.207. The van der Waals surface area contributed by atoms with Crippen molar-refractivity contribution in [2.45, 2.75) is 116 Å². The third-order valence-corrected chi connectivity index (χ3v) is 13.7. The van der Waals surface area contributed by atoms with Gasteiger partial charge in [0.1, 0.15) is 5.75 Å². The van der Waals surface area contributed by atoms with Gasteiger partial charge in [-0.15, -0.1) is 0 Å². The van der Waals surface area contributed by atoms with Gasteiger partial charge in [-0.3, -0.25) is 19.2 Å². The number of fused-ring (bicyclic) bond motifs is 5. The van der Waals surface area contributed by atoms with Gasteiger partial charge < -0.3 is 14.2 Å². The minimum absolute atomic E-state index is 0.0425. The largest absolute Gasteiger partial charge is 0.497 e. The van der Waals surface area contributed by atoms with E-state index in [2.05, 4.69) is 74.1 Å². The lowest BCUT2D eigenvalue weighted by atomic mass is 9.81. The number of piperazine rings is 1. The minimum atomic E-state index is -3.85. The third-order valence-electron chi connectivity index (χ3n) is 12.0. The molecule has 2 fully saturated rings. The monoisotopic (exact) mass is 768 g/mol. The van der Waals surface area contributed by atoms with Gasteiger partial charge in [0.05, 0.1) is 47.6 Å².